The minimum absolute atomic E-state index is 0.0390. The van der Waals surface area contributed by atoms with Crippen LogP contribution in [0.25, 0.3) is 0 Å². The lowest BCUT2D eigenvalue weighted by molar-refractivity contribution is -0.384. The van der Waals surface area contributed by atoms with Crippen LogP contribution < -0.4 is 10.1 Å². The Bertz CT molecular complexity index is 843. The number of ether oxygens (including phenoxy) is 2. The average molecular weight is 399 g/mol. The molecule has 0 fully saturated rings. The van der Waals surface area contributed by atoms with Crippen LogP contribution in [0.2, 0.25) is 10.0 Å². The van der Waals surface area contributed by atoms with Crippen molar-refractivity contribution >= 4 is 46.5 Å². The Balaban J connectivity index is 1.82. The van der Waals surface area contributed by atoms with E-state index in [1.54, 1.807) is 18.2 Å². The van der Waals surface area contributed by atoms with E-state index in [4.69, 9.17) is 32.7 Å². The number of carbonyl (C=O) groups excluding carboxylic acids is 2. The number of nitrogens with zero attached hydrogens (tertiary/aromatic N) is 1. The number of nitrogens with one attached hydrogen (secondary N) is 1. The van der Waals surface area contributed by atoms with Crippen LogP contribution in [0.5, 0.6) is 5.75 Å². The summed E-state index contributed by atoms with van der Waals surface area (Å²) in [4.78, 5) is 33.5. The molecule has 1 amide bonds. The van der Waals surface area contributed by atoms with Crippen LogP contribution in [0.4, 0.5) is 11.4 Å². The lowest BCUT2D eigenvalue weighted by Crippen LogP contribution is -2.23. The number of hydrogen-bond acceptors (Lipinski definition) is 6. The SMILES string of the molecule is O=C(COC(=O)COc1cccc(Cl)c1)Nc1cc([N+](=O)[O-])ccc1Cl. The minimum atomic E-state index is -0.773. The van der Waals surface area contributed by atoms with Gasteiger partial charge in [0.2, 0.25) is 0 Å². The summed E-state index contributed by atoms with van der Waals surface area (Å²) < 4.78 is 9.93. The Morgan fingerprint density at radius 1 is 1.12 bits per heavy atom. The summed E-state index contributed by atoms with van der Waals surface area (Å²) in [6, 6.07) is 10.0. The van der Waals surface area contributed by atoms with E-state index in [0.717, 1.165) is 6.07 Å². The lowest BCUT2D eigenvalue weighted by atomic mass is 10.3. The molecule has 136 valence electrons. The van der Waals surface area contributed by atoms with E-state index in [9.17, 15) is 19.7 Å². The third-order valence-electron chi connectivity index (χ3n) is 2.95. The molecule has 1 N–H and O–H groups in total. The van der Waals surface area contributed by atoms with Crippen molar-refractivity contribution in [2.75, 3.05) is 18.5 Å². The first kappa shape index (κ1) is 19.5. The summed E-state index contributed by atoms with van der Waals surface area (Å²) in [7, 11) is 0. The van der Waals surface area contributed by atoms with Crippen LogP contribution in [0.15, 0.2) is 42.5 Å². The van der Waals surface area contributed by atoms with Gasteiger partial charge in [0.05, 0.1) is 15.6 Å². The second-order valence-corrected chi connectivity index (χ2v) is 5.72. The molecule has 2 aromatic rings. The van der Waals surface area contributed by atoms with Gasteiger partial charge in [0.15, 0.2) is 13.2 Å². The van der Waals surface area contributed by atoms with Gasteiger partial charge < -0.3 is 14.8 Å². The van der Waals surface area contributed by atoms with Crippen molar-refractivity contribution in [2.24, 2.45) is 0 Å². The molecule has 10 heteroatoms. The van der Waals surface area contributed by atoms with Gasteiger partial charge in [0.25, 0.3) is 11.6 Å². The summed E-state index contributed by atoms with van der Waals surface area (Å²) in [6.07, 6.45) is 0. The van der Waals surface area contributed by atoms with Gasteiger partial charge in [-0.15, -0.1) is 0 Å². The summed E-state index contributed by atoms with van der Waals surface area (Å²) in [5, 5.41) is 13.6. The first-order valence-electron chi connectivity index (χ1n) is 7.13. The smallest absolute Gasteiger partial charge is 0.344 e. The third kappa shape index (κ3) is 5.91. The number of non-ortho nitro benzene ring substituents is 1. The number of amides is 1. The molecule has 0 spiro atoms. The molecule has 0 heterocycles. The number of nitro groups is 1. The molecule has 0 aliphatic heterocycles. The second kappa shape index (κ2) is 9.02. The number of rotatable bonds is 7. The van der Waals surface area contributed by atoms with Crippen LogP contribution in [-0.2, 0) is 14.3 Å². The molecular formula is C16H12Cl2N2O6. The molecule has 8 nitrogen and oxygen atoms in total. The normalized spacial score (nSPS) is 10.1. The number of nitro benzene ring substituents is 1. The van der Waals surface area contributed by atoms with E-state index < -0.39 is 30.0 Å². The van der Waals surface area contributed by atoms with Gasteiger partial charge in [-0.2, -0.15) is 0 Å². The van der Waals surface area contributed by atoms with Crippen LogP contribution in [0, 0.1) is 10.1 Å². The predicted molar refractivity (Wildman–Crippen MR) is 94.6 cm³/mol. The van der Waals surface area contributed by atoms with Gasteiger partial charge in [0.1, 0.15) is 5.75 Å². The highest BCUT2D eigenvalue weighted by Gasteiger charge is 2.14. The van der Waals surface area contributed by atoms with Gasteiger partial charge in [-0.3, -0.25) is 14.9 Å². The van der Waals surface area contributed by atoms with Crippen molar-refractivity contribution in [2.45, 2.75) is 0 Å². The molecule has 26 heavy (non-hydrogen) atoms. The molecule has 2 rings (SSSR count). The van der Waals surface area contributed by atoms with Crippen molar-refractivity contribution in [3.05, 3.63) is 62.6 Å². The molecule has 0 aliphatic carbocycles. The zero-order valence-electron chi connectivity index (χ0n) is 13.1. The largest absolute Gasteiger partial charge is 0.482 e. The number of halogens is 2. The monoisotopic (exact) mass is 398 g/mol. The number of benzene rings is 2. The van der Waals surface area contributed by atoms with Gasteiger partial charge in [-0.05, 0) is 24.3 Å². The van der Waals surface area contributed by atoms with E-state index in [-0.39, 0.29) is 16.4 Å². The molecule has 0 atom stereocenters. The highest BCUT2D eigenvalue weighted by atomic mass is 35.5. The predicted octanol–water partition coefficient (Wildman–Crippen LogP) is 3.46. The molecule has 0 unspecified atom stereocenters. The van der Waals surface area contributed by atoms with E-state index >= 15 is 0 Å². The van der Waals surface area contributed by atoms with Crippen molar-refractivity contribution in [3.63, 3.8) is 0 Å². The van der Waals surface area contributed by atoms with Gasteiger partial charge in [0, 0.05) is 17.2 Å². The van der Waals surface area contributed by atoms with Crippen LogP contribution in [0.3, 0.4) is 0 Å². The molecular weight excluding hydrogens is 387 g/mol. The molecule has 0 aromatic heterocycles. The summed E-state index contributed by atoms with van der Waals surface area (Å²) >= 11 is 11.6. The maximum absolute atomic E-state index is 11.8. The molecule has 2 aromatic carbocycles. The number of esters is 1. The van der Waals surface area contributed by atoms with E-state index in [1.165, 1.54) is 18.2 Å². The Morgan fingerprint density at radius 2 is 1.88 bits per heavy atom. The second-order valence-electron chi connectivity index (χ2n) is 4.88. The zero-order chi connectivity index (χ0) is 19.1. The Kier molecular flexibility index (Phi) is 6.76. The fourth-order valence-electron chi connectivity index (χ4n) is 1.80. The topological polar surface area (TPSA) is 108 Å². The van der Waals surface area contributed by atoms with E-state index in [1.807, 2.05) is 0 Å². The zero-order valence-corrected chi connectivity index (χ0v) is 14.6. The van der Waals surface area contributed by atoms with Gasteiger partial charge >= 0.3 is 5.97 Å². The molecule has 0 radical (unpaired) electrons. The van der Waals surface area contributed by atoms with Crippen molar-refractivity contribution in [1.82, 2.24) is 0 Å². The van der Waals surface area contributed by atoms with Crippen LogP contribution in [0.1, 0.15) is 0 Å². The average Bonchev–Trinajstić information content (AvgIpc) is 2.60. The van der Waals surface area contributed by atoms with E-state index in [2.05, 4.69) is 5.32 Å². The highest BCUT2D eigenvalue weighted by molar-refractivity contribution is 6.33. The van der Waals surface area contributed by atoms with Gasteiger partial charge in [-0.1, -0.05) is 29.3 Å². The van der Waals surface area contributed by atoms with Gasteiger partial charge in [-0.25, -0.2) is 4.79 Å². The van der Waals surface area contributed by atoms with Crippen molar-refractivity contribution in [1.29, 1.82) is 0 Å². The molecule has 0 bridgehead atoms. The molecule has 0 saturated heterocycles. The van der Waals surface area contributed by atoms with Crippen LogP contribution in [-0.4, -0.2) is 30.0 Å². The summed E-state index contributed by atoms with van der Waals surface area (Å²) in [5.74, 6) is -1.10. The fourth-order valence-corrected chi connectivity index (χ4v) is 2.14. The third-order valence-corrected chi connectivity index (χ3v) is 3.52. The summed E-state index contributed by atoms with van der Waals surface area (Å²) in [5.41, 5.74) is -0.200. The molecule has 0 aliphatic rings. The first-order valence-corrected chi connectivity index (χ1v) is 7.88. The van der Waals surface area contributed by atoms with E-state index in [0.29, 0.717) is 10.8 Å². The van der Waals surface area contributed by atoms with Crippen LogP contribution >= 0.6 is 23.2 Å². The Morgan fingerprint density at radius 3 is 2.58 bits per heavy atom. The Hall–Kier alpha value is -2.84. The summed E-state index contributed by atoms with van der Waals surface area (Å²) in [6.45, 7) is -1.01. The lowest BCUT2D eigenvalue weighted by Gasteiger charge is -2.09. The minimum Gasteiger partial charge on any atom is -0.482 e. The quantitative estimate of drug-likeness (QED) is 0.434. The van der Waals surface area contributed by atoms with Crippen molar-refractivity contribution in [3.8, 4) is 5.75 Å². The molecule has 0 saturated carbocycles. The highest BCUT2D eigenvalue weighted by Crippen LogP contribution is 2.26. The first-order chi connectivity index (χ1) is 12.3. The standard InChI is InChI=1S/C16H12Cl2N2O6/c17-10-2-1-3-12(6-10)25-9-16(22)26-8-15(21)19-14-7-11(20(23)24)4-5-13(14)18/h1-7H,8-9H2,(H,19,21). The Labute approximate surface area is 157 Å². The number of carbonyl (C=O) groups is 2. The maximum Gasteiger partial charge on any atom is 0.344 e. The number of hydrogen-bond donors (Lipinski definition) is 1. The number of anilines is 1. The van der Waals surface area contributed by atoms with Crippen molar-refractivity contribution < 1.29 is 24.0 Å². The maximum atomic E-state index is 11.8. The fraction of sp³-hybridized carbons (Fsp3) is 0.125.